The summed E-state index contributed by atoms with van der Waals surface area (Å²) in [6, 6.07) is 15.6. The highest BCUT2D eigenvalue weighted by Crippen LogP contribution is 2.21. The van der Waals surface area contributed by atoms with Crippen LogP contribution in [-0.2, 0) is 16.1 Å². The number of benzene rings is 2. The molecule has 1 amide bonds. The molecule has 2 N–H and O–H groups in total. The van der Waals surface area contributed by atoms with Gasteiger partial charge in [0.15, 0.2) is 0 Å². The van der Waals surface area contributed by atoms with Crippen molar-refractivity contribution < 1.29 is 24.2 Å². The van der Waals surface area contributed by atoms with Gasteiger partial charge in [0.2, 0.25) is 0 Å². The number of carbonyl (C=O) groups is 2. The molecule has 0 radical (unpaired) electrons. The second-order valence-electron chi connectivity index (χ2n) is 6.09. The Balaban J connectivity index is 1.99. The largest absolute Gasteiger partial charge is 0.491 e. The maximum absolute atomic E-state index is 12.0. The van der Waals surface area contributed by atoms with Crippen LogP contribution in [0.5, 0.6) is 5.75 Å². The molecule has 6 nitrogen and oxygen atoms in total. The summed E-state index contributed by atoms with van der Waals surface area (Å²) < 4.78 is 10.7. The zero-order valence-electron chi connectivity index (χ0n) is 14.8. The molecular formula is C20H23NO5. The predicted molar refractivity (Wildman–Crippen MR) is 97.0 cm³/mol. The summed E-state index contributed by atoms with van der Waals surface area (Å²) in [7, 11) is 0. The summed E-state index contributed by atoms with van der Waals surface area (Å²) in [5.41, 5.74) is 1.52. The molecule has 0 aromatic heterocycles. The van der Waals surface area contributed by atoms with E-state index in [0.29, 0.717) is 11.3 Å². The molecule has 0 aliphatic heterocycles. The van der Waals surface area contributed by atoms with Gasteiger partial charge in [0.05, 0.1) is 18.6 Å². The Morgan fingerprint density at radius 2 is 1.69 bits per heavy atom. The van der Waals surface area contributed by atoms with Gasteiger partial charge in [-0.1, -0.05) is 42.5 Å². The maximum atomic E-state index is 12.0. The molecule has 6 heteroatoms. The fourth-order valence-electron chi connectivity index (χ4n) is 2.38. The second-order valence-corrected chi connectivity index (χ2v) is 6.09. The molecule has 2 aromatic rings. The highest BCUT2D eigenvalue weighted by Gasteiger charge is 2.19. The molecule has 0 spiro atoms. The summed E-state index contributed by atoms with van der Waals surface area (Å²) in [4.78, 5) is 23.2. The van der Waals surface area contributed by atoms with Crippen LogP contribution in [0.1, 0.15) is 37.4 Å². The van der Waals surface area contributed by atoms with E-state index in [1.54, 1.807) is 24.3 Å². The number of carboxylic acid groups (broad SMARTS) is 1. The Labute approximate surface area is 152 Å². The van der Waals surface area contributed by atoms with Gasteiger partial charge in [-0.3, -0.25) is 4.79 Å². The van der Waals surface area contributed by atoms with Crippen LogP contribution in [0.4, 0.5) is 4.79 Å². The molecule has 138 valence electrons. The minimum atomic E-state index is -1.01. The molecule has 26 heavy (non-hydrogen) atoms. The first-order valence-electron chi connectivity index (χ1n) is 8.39. The van der Waals surface area contributed by atoms with E-state index in [9.17, 15) is 9.59 Å². The molecule has 1 unspecified atom stereocenters. The highest BCUT2D eigenvalue weighted by atomic mass is 16.5. The van der Waals surface area contributed by atoms with E-state index in [1.807, 2.05) is 44.2 Å². The van der Waals surface area contributed by atoms with E-state index in [4.69, 9.17) is 14.6 Å². The van der Waals surface area contributed by atoms with Crippen molar-refractivity contribution in [1.29, 1.82) is 0 Å². The predicted octanol–water partition coefficient (Wildman–Crippen LogP) is 3.92. The van der Waals surface area contributed by atoms with Crippen molar-refractivity contribution in [2.24, 2.45) is 0 Å². The normalized spacial score (nSPS) is 11.7. The summed E-state index contributed by atoms with van der Waals surface area (Å²) in [6.45, 7) is 3.96. The van der Waals surface area contributed by atoms with Crippen molar-refractivity contribution in [3.63, 3.8) is 0 Å². The number of amides is 1. The zero-order valence-corrected chi connectivity index (χ0v) is 14.8. The van der Waals surface area contributed by atoms with Crippen LogP contribution in [-0.4, -0.2) is 23.3 Å². The van der Waals surface area contributed by atoms with Crippen LogP contribution < -0.4 is 10.1 Å². The van der Waals surface area contributed by atoms with Crippen molar-refractivity contribution in [1.82, 2.24) is 5.32 Å². The van der Waals surface area contributed by atoms with Gasteiger partial charge >= 0.3 is 12.1 Å². The Bertz CT molecular complexity index is 713. The lowest BCUT2D eigenvalue weighted by molar-refractivity contribution is -0.137. The van der Waals surface area contributed by atoms with Gasteiger partial charge in [-0.25, -0.2) is 4.79 Å². The lowest BCUT2D eigenvalue weighted by atomic mass is 10.0. The fraction of sp³-hybridized carbons (Fsp3) is 0.300. The highest BCUT2D eigenvalue weighted by molar-refractivity contribution is 5.72. The van der Waals surface area contributed by atoms with Crippen molar-refractivity contribution in [3.05, 3.63) is 65.7 Å². The van der Waals surface area contributed by atoms with Crippen molar-refractivity contribution in [2.45, 2.75) is 39.0 Å². The topological polar surface area (TPSA) is 84.9 Å². The van der Waals surface area contributed by atoms with Gasteiger partial charge in [0.1, 0.15) is 12.4 Å². The number of nitrogens with one attached hydrogen (secondary N) is 1. The third-order valence-corrected chi connectivity index (χ3v) is 3.54. The number of ether oxygens (including phenoxy) is 2. The number of carboxylic acids is 1. The zero-order chi connectivity index (χ0) is 18.9. The minimum Gasteiger partial charge on any atom is -0.491 e. The molecule has 0 fully saturated rings. The third kappa shape index (κ3) is 6.47. The van der Waals surface area contributed by atoms with Crippen LogP contribution in [0, 0.1) is 0 Å². The van der Waals surface area contributed by atoms with Gasteiger partial charge in [-0.2, -0.15) is 0 Å². The maximum Gasteiger partial charge on any atom is 0.407 e. The first kappa shape index (κ1) is 19.3. The monoisotopic (exact) mass is 357 g/mol. The number of hydrogen-bond acceptors (Lipinski definition) is 4. The first-order valence-corrected chi connectivity index (χ1v) is 8.39. The van der Waals surface area contributed by atoms with Crippen molar-refractivity contribution in [3.8, 4) is 5.75 Å². The molecule has 0 aliphatic rings. The third-order valence-electron chi connectivity index (χ3n) is 3.54. The van der Waals surface area contributed by atoms with E-state index < -0.39 is 18.1 Å². The van der Waals surface area contributed by atoms with Crippen LogP contribution in [0.15, 0.2) is 54.6 Å². The lowest BCUT2D eigenvalue weighted by Crippen LogP contribution is -2.30. The summed E-state index contributed by atoms with van der Waals surface area (Å²) in [5.74, 6) is -0.328. The number of alkyl carbamates (subject to hydrolysis) is 1. The SMILES string of the molecule is CC(C)Oc1ccc(C(CC(=O)O)NC(=O)OCc2ccccc2)cc1. The first-order chi connectivity index (χ1) is 12.4. The van der Waals surface area contributed by atoms with Crippen LogP contribution >= 0.6 is 0 Å². The van der Waals surface area contributed by atoms with E-state index in [1.165, 1.54) is 0 Å². The van der Waals surface area contributed by atoms with Crippen LogP contribution in [0.2, 0.25) is 0 Å². The van der Waals surface area contributed by atoms with E-state index >= 15 is 0 Å². The van der Waals surface area contributed by atoms with Gasteiger partial charge in [0.25, 0.3) is 0 Å². The average molecular weight is 357 g/mol. The lowest BCUT2D eigenvalue weighted by Gasteiger charge is -2.18. The van der Waals surface area contributed by atoms with Crippen LogP contribution in [0.3, 0.4) is 0 Å². The van der Waals surface area contributed by atoms with Gasteiger partial charge in [-0.15, -0.1) is 0 Å². The molecule has 0 heterocycles. The van der Waals surface area contributed by atoms with E-state index in [2.05, 4.69) is 5.32 Å². The number of hydrogen-bond donors (Lipinski definition) is 2. The Hall–Kier alpha value is -3.02. The van der Waals surface area contributed by atoms with Crippen molar-refractivity contribution in [2.75, 3.05) is 0 Å². The summed E-state index contributed by atoms with van der Waals surface area (Å²) >= 11 is 0. The van der Waals surface area contributed by atoms with E-state index in [0.717, 1.165) is 5.56 Å². The molecule has 0 saturated heterocycles. The van der Waals surface area contributed by atoms with Gasteiger partial charge in [0, 0.05) is 0 Å². The molecule has 0 saturated carbocycles. The Morgan fingerprint density at radius 1 is 1.04 bits per heavy atom. The molecule has 2 aromatic carbocycles. The van der Waals surface area contributed by atoms with Crippen molar-refractivity contribution >= 4 is 12.1 Å². The van der Waals surface area contributed by atoms with E-state index in [-0.39, 0.29) is 19.1 Å². The molecule has 0 bridgehead atoms. The number of aliphatic carboxylic acids is 1. The number of carbonyl (C=O) groups excluding carboxylic acids is 1. The standard InChI is InChI=1S/C20H23NO5/c1-14(2)26-17-10-8-16(9-11-17)18(12-19(22)23)21-20(24)25-13-15-6-4-3-5-7-15/h3-11,14,18H,12-13H2,1-2H3,(H,21,24)(H,22,23). The average Bonchev–Trinajstić information content (AvgIpc) is 2.60. The quantitative estimate of drug-likeness (QED) is 0.748. The molecule has 2 rings (SSSR count). The fourth-order valence-corrected chi connectivity index (χ4v) is 2.38. The molecular weight excluding hydrogens is 334 g/mol. The molecule has 0 aliphatic carbocycles. The smallest absolute Gasteiger partial charge is 0.407 e. The Morgan fingerprint density at radius 3 is 2.27 bits per heavy atom. The Kier molecular flexibility index (Phi) is 7.02. The van der Waals surface area contributed by atoms with Gasteiger partial charge in [-0.05, 0) is 37.1 Å². The summed E-state index contributed by atoms with van der Waals surface area (Å²) in [5, 5.41) is 11.7. The van der Waals surface area contributed by atoms with Gasteiger partial charge < -0.3 is 19.9 Å². The number of rotatable bonds is 8. The molecule has 1 atom stereocenters. The van der Waals surface area contributed by atoms with Crippen LogP contribution in [0.25, 0.3) is 0 Å². The summed E-state index contributed by atoms with van der Waals surface area (Å²) in [6.07, 6.45) is -0.866. The second kappa shape index (κ2) is 9.46. The minimum absolute atomic E-state index is 0.0433.